The predicted molar refractivity (Wildman–Crippen MR) is 71.4 cm³/mol. The van der Waals surface area contributed by atoms with Gasteiger partial charge < -0.3 is 9.47 Å². The van der Waals surface area contributed by atoms with Gasteiger partial charge in [0.1, 0.15) is 0 Å². The van der Waals surface area contributed by atoms with E-state index in [0.717, 1.165) is 25.8 Å². The Labute approximate surface area is 106 Å². The standard InChI is InChI=1S/C14H29NO2/c1-3-4-7-14-8-5-6-9-15(14)10-11-17-13-12-16-2/h14H,3-13H2,1-2H3. The van der Waals surface area contributed by atoms with Crippen LogP contribution < -0.4 is 0 Å². The van der Waals surface area contributed by atoms with Crippen molar-refractivity contribution in [2.45, 2.75) is 51.5 Å². The number of piperidine rings is 1. The Morgan fingerprint density at radius 1 is 1.18 bits per heavy atom. The number of rotatable bonds is 9. The number of hydrogen-bond acceptors (Lipinski definition) is 3. The van der Waals surface area contributed by atoms with Crippen LogP contribution in [0.2, 0.25) is 0 Å². The number of likely N-dealkylation sites (tertiary alicyclic amines) is 1. The molecule has 0 aliphatic carbocycles. The summed E-state index contributed by atoms with van der Waals surface area (Å²) in [7, 11) is 1.72. The average molecular weight is 243 g/mol. The third-order valence-electron chi connectivity index (χ3n) is 3.59. The molecule has 1 rings (SSSR count). The molecule has 0 N–H and O–H groups in total. The molecule has 17 heavy (non-hydrogen) atoms. The summed E-state index contributed by atoms with van der Waals surface area (Å²) >= 11 is 0. The fraction of sp³-hybridized carbons (Fsp3) is 1.00. The van der Waals surface area contributed by atoms with E-state index < -0.39 is 0 Å². The second kappa shape index (κ2) is 9.86. The molecule has 0 amide bonds. The van der Waals surface area contributed by atoms with Crippen molar-refractivity contribution in [2.24, 2.45) is 0 Å². The van der Waals surface area contributed by atoms with E-state index >= 15 is 0 Å². The number of methoxy groups -OCH3 is 1. The maximum Gasteiger partial charge on any atom is 0.0700 e. The van der Waals surface area contributed by atoms with Crippen molar-refractivity contribution in [3.8, 4) is 0 Å². The van der Waals surface area contributed by atoms with Gasteiger partial charge in [-0.3, -0.25) is 4.90 Å². The first-order valence-corrected chi connectivity index (χ1v) is 7.19. The summed E-state index contributed by atoms with van der Waals surface area (Å²) in [6.45, 7) is 6.93. The molecule has 1 fully saturated rings. The van der Waals surface area contributed by atoms with Crippen molar-refractivity contribution in [3.05, 3.63) is 0 Å². The van der Waals surface area contributed by atoms with Gasteiger partial charge in [-0.05, 0) is 25.8 Å². The Hall–Kier alpha value is -0.120. The highest BCUT2D eigenvalue weighted by Crippen LogP contribution is 2.20. The molecule has 1 aliphatic heterocycles. The summed E-state index contributed by atoms with van der Waals surface area (Å²) in [6, 6.07) is 0.815. The monoisotopic (exact) mass is 243 g/mol. The van der Waals surface area contributed by atoms with E-state index in [-0.39, 0.29) is 0 Å². The SMILES string of the molecule is CCCCC1CCCCN1CCOCCOC. The molecule has 0 aromatic carbocycles. The quantitative estimate of drug-likeness (QED) is 0.581. The molecule has 3 heteroatoms. The van der Waals surface area contributed by atoms with E-state index in [2.05, 4.69) is 11.8 Å². The van der Waals surface area contributed by atoms with Gasteiger partial charge in [-0.2, -0.15) is 0 Å². The molecule has 0 radical (unpaired) electrons. The Bertz CT molecular complexity index is 176. The molecule has 1 atom stereocenters. The van der Waals surface area contributed by atoms with E-state index in [1.165, 1.54) is 45.1 Å². The van der Waals surface area contributed by atoms with E-state index in [1.807, 2.05) is 0 Å². The van der Waals surface area contributed by atoms with Crippen LogP contribution in [0.15, 0.2) is 0 Å². The summed E-state index contributed by atoms with van der Waals surface area (Å²) in [5.74, 6) is 0. The van der Waals surface area contributed by atoms with Crippen molar-refractivity contribution in [1.82, 2.24) is 4.90 Å². The lowest BCUT2D eigenvalue weighted by atomic mass is 9.97. The van der Waals surface area contributed by atoms with Gasteiger partial charge in [0.25, 0.3) is 0 Å². The van der Waals surface area contributed by atoms with Crippen LogP contribution >= 0.6 is 0 Å². The molecular formula is C14H29NO2. The zero-order valence-corrected chi connectivity index (χ0v) is 11.6. The molecule has 0 spiro atoms. The fourth-order valence-electron chi connectivity index (χ4n) is 2.55. The molecule has 0 saturated carbocycles. The summed E-state index contributed by atoms with van der Waals surface area (Å²) in [5.41, 5.74) is 0. The van der Waals surface area contributed by atoms with Crippen LogP contribution in [0, 0.1) is 0 Å². The average Bonchev–Trinajstić information content (AvgIpc) is 2.37. The Morgan fingerprint density at radius 2 is 2.06 bits per heavy atom. The van der Waals surface area contributed by atoms with Gasteiger partial charge in [0.2, 0.25) is 0 Å². The minimum atomic E-state index is 0.708. The highest BCUT2D eigenvalue weighted by molar-refractivity contribution is 4.76. The molecule has 1 heterocycles. The summed E-state index contributed by atoms with van der Waals surface area (Å²) in [6.07, 6.45) is 8.21. The van der Waals surface area contributed by atoms with E-state index in [4.69, 9.17) is 9.47 Å². The highest BCUT2D eigenvalue weighted by Gasteiger charge is 2.20. The van der Waals surface area contributed by atoms with Gasteiger partial charge in [-0.25, -0.2) is 0 Å². The van der Waals surface area contributed by atoms with Gasteiger partial charge in [-0.15, -0.1) is 0 Å². The van der Waals surface area contributed by atoms with Crippen molar-refractivity contribution < 1.29 is 9.47 Å². The van der Waals surface area contributed by atoms with Gasteiger partial charge in [0.15, 0.2) is 0 Å². The zero-order chi connectivity index (χ0) is 12.3. The molecule has 0 aromatic rings. The largest absolute Gasteiger partial charge is 0.382 e. The number of nitrogens with zero attached hydrogens (tertiary/aromatic N) is 1. The lowest BCUT2D eigenvalue weighted by Crippen LogP contribution is -2.41. The van der Waals surface area contributed by atoms with Crippen molar-refractivity contribution in [1.29, 1.82) is 0 Å². The van der Waals surface area contributed by atoms with Crippen LogP contribution in [-0.2, 0) is 9.47 Å². The van der Waals surface area contributed by atoms with Crippen LogP contribution in [0.1, 0.15) is 45.4 Å². The maximum atomic E-state index is 5.56. The fourth-order valence-corrected chi connectivity index (χ4v) is 2.55. The first-order valence-electron chi connectivity index (χ1n) is 7.19. The van der Waals surface area contributed by atoms with Gasteiger partial charge >= 0.3 is 0 Å². The van der Waals surface area contributed by atoms with Gasteiger partial charge in [0.05, 0.1) is 19.8 Å². The lowest BCUT2D eigenvalue weighted by Gasteiger charge is -2.35. The molecule has 0 bridgehead atoms. The molecular weight excluding hydrogens is 214 g/mol. The van der Waals surface area contributed by atoms with Crippen molar-refractivity contribution >= 4 is 0 Å². The summed E-state index contributed by atoms with van der Waals surface area (Å²) < 4.78 is 10.5. The normalized spacial score (nSPS) is 21.9. The van der Waals surface area contributed by atoms with Crippen LogP contribution in [-0.4, -0.2) is 51.0 Å². The Morgan fingerprint density at radius 3 is 2.82 bits per heavy atom. The molecule has 102 valence electrons. The maximum absolute atomic E-state index is 5.56. The van der Waals surface area contributed by atoms with Gasteiger partial charge in [-0.1, -0.05) is 26.2 Å². The first kappa shape index (κ1) is 14.9. The third-order valence-corrected chi connectivity index (χ3v) is 3.59. The van der Waals surface area contributed by atoms with E-state index in [9.17, 15) is 0 Å². The smallest absolute Gasteiger partial charge is 0.0700 e. The zero-order valence-electron chi connectivity index (χ0n) is 11.6. The van der Waals surface area contributed by atoms with Crippen LogP contribution in [0.25, 0.3) is 0 Å². The van der Waals surface area contributed by atoms with Crippen LogP contribution in [0.4, 0.5) is 0 Å². The lowest BCUT2D eigenvalue weighted by molar-refractivity contribution is 0.0407. The van der Waals surface area contributed by atoms with Crippen LogP contribution in [0.3, 0.4) is 0 Å². The minimum absolute atomic E-state index is 0.708. The van der Waals surface area contributed by atoms with E-state index in [0.29, 0.717) is 6.61 Å². The van der Waals surface area contributed by atoms with Crippen molar-refractivity contribution in [2.75, 3.05) is 40.0 Å². The second-order valence-electron chi connectivity index (χ2n) is 4.93. The minimum Gasteiger partial charge on any atom is -0.382 e. The molecule has 0 aromatic heterocycles. The molecule has 1 unspecified atom stereocenters. The van der Waals surface area contributed by atoms with Crippen molar-refractivity contribution in [3.63, 3.8) is 0 Å². The number of hydrogen-bond donors (Lipinski definition) is 0. The second-order valence-corrected chi connectivity index (χ2v) is 4.93. The summed E-state index contributed by atoms with van der Waals surface area (Å²) in [5, 5.41) is 0. The summed E-state index contributed by atoms with van der Waals surface area (Å²) in [4.78, 5) is 2.63. The van der Waals surface area contributed by atoms with E-state index in [1.54, 1.807) is 7.11 Å². The molecule has 1 aliphatic rings. The highest BCUT2D eigenvalue weighted by atomic mass is 16.5. The Kier molecular flexibility index (Phi) is 8.67. The Balaban J connectivity index is 2.13. The van der Waals surface area contributed by atoms with Crippen LogP contribution in [0.5, 0.6) is 0 Å². The third kappa shape index (κ3) is 6.39. The number of ether oxygens (including phenoxy) is 2. The molecule has 1 saturated heterocycles. The number of unbranched alkanes of at least 4 members (excludes halogenated alkanes) is 1. The first-order chi connectivity index (χ1) is 8.38. The van der Waals surface area contributed by atoms with Gasteiger partial charge in [0, 0.05) is 19.7 Å². The molecule has 3 nitrogen and oxygen atoms in total. The predicted octanol–water partition coefficient (Wildman–Crippen LogP) is 2.69. The topological polar surface area (TPSA) is 21.7 Å².